The van der Waals surface area contributed by atoms with E-state index >= 15 is 0 Å². The van der Waals surface area contributed by atoms with Crippen molar-refractivity contribution in [2.24, 2.45) is 5.41 Å². The molecule has 1 heterocycles. The summed E-state index contributed by atoms with van der Waals surface area (Å²) in [7, 11) is 0. The number of benzene rings is 2. The maximum Gasteiger partial charge on any atom is 0.358 e. The van der Waals surface area contributed by atoms with E-state index in [4.69, 9.17) is 32.7 Å². The van der Waals surface area contributed by atoms with E-state index in [-0.39, 0.29) is 10.7 Å². The number of nitrogens with one attached hydrogen (secondary N) is 2. The van der Waals surface area contributed by atoms with Gasteiger partial charge in [0.25, 0.3) is 0 Å². The van der Waals surface area contributed by atoms with Crippen LogP contribution in [0.15, 0.2) is 48.5 Å². The highest BCUT2D eigenvalue weighted by Crippen LogP contribution is 2.33. The van der Waals surface area contributed by atoms with Gasteiger partial charge in [0.1, 0.15) is 5.69 Å². The van der Waals surface area contributed by atoms with Crippen LogP contribution in [0.4, 0.5) is 5.69 Å². The molecule has 9 heteroatoms. The molecule has 0 aliphatic rings. The fourth-order valence-electron chi connectivity index (χ4n) is 2.89. The summed E-state index contributed by atoms with van der Waals surface area (Å²) in [6.07, 6.45) is 2.73. The van der Waals surface area contributed by atoms with Crippen molar-refractivity contribution in [2.75, 3.05) is 12.1 Å². The number of rotatable bonds is 6. The number of halogens is 2. The van der Waals surface area contributed by atoms with E-state index in [1.165, 1.54) is 18.2 Å². The average Bonchev–Trinajstić information content (AvgIpc) is 3.10. The number of para-hydroxylation sites is 1. The van der Waals surface area contributed by atoms with Crippen molar-refractivity contribution < 1.29 is 23.9 Å². The first-order chi connectivity index (χ1) is 15.6. The van der Waals surface area contributed by atoms with Crippen molar-refractivity contribution in [3.05, 3.63) is 69.8 Å². The number of hydrogen-bond donors (Lipinski definition) is 2. The van der Waals surface area contributed by atoms with Crippen molar-refractivity contribution >= 4 is 63.7 Å². The number of anilines is 1. The molecule has 0 saturated heterocycles. The standard InChI is InChI=1S/C24H22Cl2N2O5/c1-24(2,3)23(31)33-13-32-22(30)21-16(20-17(26)11-14(25)12-18(20)28-21)9-10-19(29)27-15-7-5-4-6-8-15/h4-12,28H,13H2,1-3H3,(H,27,29). The molecule has 0 bridgehead atoms. The summed E-state index contributed by atoms with van der Waals surface area (Å²) in [5, 5.41) is 3.86. The summed E-state index contributed by atoms with van der Waals surface area (Å²) in [5.74, 6) is -1.71. The Morgan fingerprint density at radius 3 is 2.42 bits per heavy atom. The Kier molecular flexibility index (Phi) is 7.46. The zero-order valence-corrected chi connectivity index (χ0v) is 19.7. The Bertz CT molecular complexity index is 1230. The topological polar surface area (TPSA) is 97.5 Å². The zero-order valence-electron chi connectivity index (χ0n) is 18.2. The van der Waals surface area contributed by atoms with Crippen molar-refractivity contribution in [2.45, 2.75) is 20.8 Å². The molecule has 2 N–H and O–H groups in total. The maximum absolute atomic E-state index is 12.7. The van der Waals surface area contributed by atoms with E-state index in [2.05, 4.69) is 10.3 Å². The van der Waals surface area contributed by atoms with E-state index in [9.17, 15) is 14.4 Å². The number of H-pyrrole nitrogens is 1. The van der Waals surface area contributed by atoms with E-state index in [1.54, 1.807) is 51.1 Å². The number of fused-ring (bicyclic) bond motifs is 1. The number of amides is 1. The van der Waals surface area contributed by atoms with Gasteiger partial charge in [-0.3, -0.25) is 9.59 Å². The molecule has 0 aliphatic heterocycles. The molecule has 0 radical (unpaired) electrons. The zero-order chi connectivity index (χ0) is 24.2. The third-order valence-electron chi connectivity index (χ3n) is 4.49. The fourth-order valence-corrected chi connectivity index (χ4v) is 3.49. The lowest BCUT2D eigenvalue weighted by Crippen LogP contribution is -2.24. The van der Waals surface area contributed by atoms with Crippen LogP contribution in [-0.4, -0.2) is 29.6 Å². The second-order valence-corrected chi connectivity index (χ2v) is 8.99. The third kappa shape index (κ3) is 6.15. The van der Waals surface area contributed by atoms with Gasteiger partial charge in [-0.2, -0.15) is 0 Å². The monoisotopic (exact) mass is 488 g/mol. The summed E-state index contributed by atoms with van der Waals surface area (Å²) in [6.45, 7) is 4.49. The highest BCUT2D eigenvalue weighted by atomic mass is 35.5. The van der Waals surface area contributed by atoms with Gasteiger partial charge in [0.15, 0.2) is 0 Å². The SMILES string of the molecule is CC(C)(C)C(=O)OCOC(=O)c1[nH]c2cc(Cl)cc(Cl)c2c1C=CC(=O)Nc1ccccc1. The van der Waals surface area contributed by atoms with Gasteiger partial charge < -0.3 is 19.8 Å². The molecule has 33 heavy (non-hydrogen) atoms. The van der Waals surface area contributed by atoms with Crippen LogP contribution in [0.3, 0.4) is 0 Å². The molecule has 0 fully saturated rings. The van der Waals surface area contributed by atoms with Crippen LogP contribution in [0.1, 0.15) is 36.8 Å². The molecule has 0 spiro atoms. The lowest BCUT2D eigenvalue weighted by Gasteiger charge is -2.16. The summed E-state index contributed by atoms with van der Waals surface area (Å²) in [6, 6.07) is 12.0. The van der Waals surface area contributed by atoms with Gasteiger partial charge in [-0.25, -0.2) is 4.79 Å². The molecule has 0 unspecified atom stereocenters. The molecule has 3 rings (SSSR count). The van der Waals surface area contributed by atoms with Crippen LogP contribution in [0.25, 0.3) is 17.0 Å². The Hall–Kier alpha value is -3.29. The summed E-state index contributed by atoms with van der Waals surface area (Å²) in [4.78, 5) is 39.9. The van der Waals surface area contributed by atoms with Gasteiger partial charge in [0, 0.05) is 33.3 Å². The minimum absolute atomic E-state index is 0.0322. The number of ether oxygens (including phenoxy) is 2. The van der Waals surface area contributed by atoms with Crippen LogP contribution >= 0.6 is 23.2 Å². The average molecular weight is 489 g/mol. The third-order valence-corrected chi connectivity index (χ3v) is 5.01. The van der Waals surface area contributed by atoms with Gasteiger partial charge in [-0.05, 0) is 51.1 Å². The van der Waals surface area contributed by atoms with Crippen molar-refractivity contribution in [3.8, 4) is 0 Å². The van der Waals surface area contributed by atoms with Crippen LogP contribution in [0, 0.1) is 5.41 Å². The van der Waals surface area contributed by atoms with Crippen LogP contribution < -0.4 is 5.32 Å². The van der Waals surface area contributed by atoms with Crippen LogP contribution in [0.5, 0.6) is 0 Å². The first-order valence-corrected chi connectivity index (χ1v) is 10.7. The highest BCUT2D eigenvalue weighted by molar-refractivity contribution is 6.39. The molecule has 3 aromatic rings. The van der Waals surface area contributed by atoms with E-state index in [1.807, 2.05) is 6.07 Å². The summed E-state index contributed by atoms with van der Waals surface area (Å²) < 4.78 is 10.1. The van der Waals surface area contributed by atoms with E-state index < -0.39 is 30.1 Å². The quantitative estimate of drug-likeness (QED) is 0.258. The molecule has 0 aliphatic carbocycles. The minimum atomic E-state index is -0.789. The Morgan fingerprint density at radius 1 is 1.06 bits per heavy atom. The van der Waals surface area contributed by atoms with E-state index in [0.29, 0.717) is 27.2 Å². The number of carbonyl (C=O) groups excluding carboxylic acids is 3. The molecule has 0 atom stereocenters. The van der Waals surface area contributed by atoms with Crippen LogP contribution in [0.2, 0.25) is 10.0 Å². The van der Waals surface area contributed by atoms with Crippen molar-refractivity contribution in [3.63, 3.8) is 0 Å². The fraction of sp³-hybridized carbons (Fsp3) is 0.208. The second kappa shape index (κ2) is 10.1. The molecule has 7 nitrogen and oxygen atoms in total. The molecule has 1 amide bonds. The predicted octanol–water partition coefficient (Wildman–Crippen LogP) is 5.83. The van der Waals surface area contributed by atoms with Gasteiger partial charge in [0.2, 0.25) is 12.7 Å². The maximum atomic E-state index is 12.7. The Morgan fingerprint density at radius 2 is 1.76 bits per heavy atom. The lowest BCUT2D eigenvalue weighted by molar-refractivity contribution is -0.161. The number of carbonyl (C=O) groups is 3. The van der Waals surface area contributed by atoms with Crippen LogP contribution in [-0.2, 0) is 19.1 Å². The predicted molar refractivity (Wildman–Crippen MR) is 128 cm³/mol. The van der Waals surface area contributed by atoms with Gasteiger partial charge in [0.05, 0.1) is 10.4 Å². The molecular formula is C24H22Cl2N2O5. The first-order valence-electron chi connectivity index (χ1n) is 9.95. The second-order valence-electron chi connectivity index (χ2n) is 8.14. The Labute approximate surface area is 200 Å². The number of esters is 2. The molecule has 172 valence electrons. The Balaban J connectivity index is 1.87. The molecular weight excluding hydrogens is 467 g/mol. The highest BCUT2D eigenvalue weighted by Gasteiger charge is 2.24. The molecule has 1 aromatic heterocycles. The van der Waals surface area contributed by atoms with Crippen molar-refractivity contribution in [1.29, 1.82) is 0 Å². The lowest BCUT2D eigenvalue weighted by atomic mass is 9.98. The summed E-state index contributed by atoms with van der Waals surface area (Å²) >= 11 is 12.5. The number of aromatic nitrogens is 1. The normalized spacial score (nSPS) is 11.5. The van der Waals surface area contributed by atoms with Gasteiger partial charge >= 0.3 is 11.9 Å². The van der Waals surface area contributed by atoms with Gasteiger partial charge in [-0.1, -0.05) is 41.4 Å². The smallest absolute Gasteiger partial charge is 0.358 e. The van der Waals surface area contributed by atoms with Crippen molar-refractivity contribution in [1.82, 2.24) is 4.98 Å². The largest absolute Gasteiger partial charge is 0.427 e. The number of hydrogen-bond acceptors (Lipinski definition) is 5. The minimum Gasteiger partial charge on any atom is -0.427 e. The summed E-state index contributed by atoms with van der Waals surface area (Å²) in [5.41, 5.74) is 0.731. The number of aromatic amines is 1. The molecule has 2 aromatic carbocycles. The van der Waals surface area contributed by atoms with E-state index in [0.717, 1.165) is 0 Å². The molecule has 0 saturated carbocycles. The van der Waals surface area contributed by atoms with Gasteiger partial charge in [-0.15, -0.1) is 0 Å². The first kappa shape index (κ1) is 24.4.